The SMILES string of the molecule is CC1(C)CC(=O)C2=C(C1)Nc1ccccc1N(C(=O)CCC(=O)O)[C@H]2c1ccc(-c2cccc([N+](=O)[O-])c2)o1. The number of nitrogens with one attached hydrogen (secondary N) is 1. The summed E-state index contributed by atoms with van der Waals surface area (Å²) in [7, 11) is 0. The summed E-state index contributed by atoms with van der Waals surface area (Å²) >= 11 is 0. The van der Waals surface area contributed by atoms with Crippen molar-refractivity contribution in [1.29, 1.82) is 0 Å². The van der Waals surface area contributed by atoms with Crippen LogP contribution in [0.15, 0.2) is 76.4 Å². The smallest absolute Gasteiger partial charge is 0.303 e. The fourth-order valence-corrected chi connectivity index (χ4v) is 5.29. The minimum absolute atomic E-state index is 0.0989. The second-order valence-electron chi connectivity index (χ2n) is 10.5. The summed E-state index contributed by atoms with van der Waals surface area (Å²) in [5, 5.41) is 24.0. The molecule has 0 radical (unpaired) electrons. The third-order valence-corrected chi connectivity index (χ3v) is 6.96. The standard InChI is InChI=1S/C29H27N3O7/c1-29(2)15-20-27(22(33)16-29)28(24-11-10-23(39-24)17-6-5-7-18(14-17)32(37)38)31(25(34)12-13-26(35)36)21-9-4-3-8-19(21)30-20/h3-11,14,28,30H,12-13,15-16H2,1-2H3,(H,35,36)/t28-/m0/s1. The number of hydrogen-bond donors (Lipinski definition) is 2. The molecule has 0 saturated heterocycles. The molecule has 39 heavy (non-hydrogen) atoms. The Morgan fingerprint density at radius 3 is 2.62 bits per heavy atom. The van der Waals surface area contributed by atoms with Crippen molar-refractivity contribution in [3.05, 3.63) is 87.8 Å². The number of carbonyl (C=O) groups excluding carboxylic acids is 2. The van der Waals surface area contributed by atoms with Crippen LogP contribution in [0.4, 0.5) is 17.1 Å². The van der Waals surface area contributed by atoms with E-state index in [0.717, 1.165) is 0 Å². The van der Waals surface area contributed by atoms with Gasteiger partial charge < -0.3 is 14.8 Å². The highest BCUT2D eigenvalue weighted by molar-refractivity contribution is 6.06. The van der Waals surface area contributed by atoms with Crippen LogP contribution in [0.2, 0.25) is 0 Å². The first kappa shape index (κ1) is 25.9. The number of carboxylic acid groups (broad SMARTS) is 1. The summed E-state index contributed by atoms with van der Waals surface area (Å²) in [6.07, 6.45) is 0.160. The van der Waals surface area contributed by atoms with E-state index >= 15 is 0 Å². The highest BCUT2D eigenvalue weighted by atomic mass is 16.6. The number of carboxylic acids is 1. The average Bonchev–Trinajstić information content (AvgIpc) is 3.31. The van der Waals surface area contributed by atoms with Crippen LogP contribution < -0.4 is 10.2 Å². The van der Waals surface area contributed by atoms with Crippen molar-refractivity contribution in [3.63, 3.8) is 0 Å². The van der Waals surface area contributed by atoms with E-state index in [-0.39, 0.29) is 36.1 Å². The third-order valence-electron chi connectivity index (χ3n) is 6.96. The lowest BCUT2D eigenvalue weighted by Crippen LogP contribution is -2.39. The second kappa shape index (κ2) is 9.86. The molecule has 5 rings (SSSR count). The highest BCUT2D eigenvalue weighted by Gasteiger charge is 2.44. The van der Waals surface area contributed by atoms with Gasteiger partial charge in [0.2, 0.25) is 5.91 Å². The Morgan fingerprint density at radius 1 is 1.10 bits per heavy atom. The summed E-state index contributed by atoms with van der Waals surface area (Å²) in [4.78, 5) is 51.0. The van der Waals surface area contributed by atoms with Crippen molar-refractivity contribution in [1.82, 2.24) is 0 Å². The molecule has 0 bridgehead atoms. The van der Waals surface area contributed by atoms with Crippen LogP contribution >= 0.6 is 0 Å². The Bertz CT molecular complexity index is 1530. The van der Waals surface area contributed by atoms with E-state index in [0.29, 0.717) is 46.1 Å². The normalized spacial score (nSPS) is 18.1. The fourth-order valence-electron chi connectivity index (χ4n) is 5.29. The van der Waals surface area contributed by atoms with Crippen LogP contribution in [0, 0.1) is 15.5 Å². The Hall–Kier alpha value is -4.73. The molecule has 0 saturated carbocycles. The van der Waals surface area contributed by atoms with E-state index in [2.05, 4.69) is 5.32 Å². The molecule has 1 aliphatic carbocycles. The number of Topliss-reactive ketones (excluding diaryl/α,β-unsaturated/α-hetero) is 1. The zero-order valence-corrected chi connectivity index (χ0v) is 21.5. The van der Waals surface area contributed by atoms with Gasteiger partial charge in [-0.25, -0.2) is 0 Å². The Kier molecular flexibility index (Phi) is 6.55. The van der Waals surface area contributed by atoms with Gasteiger partial charge in [0.1, 0.15) is 17.6 Å². The fraction of sp³-hybridized carbons (Fsp3) is 0.276. The van der Waals surface area contributed by atoms with E-state index in [1.807, 2.05) is 26.0 Å². The van der Waals surface area contributed by atoms with Crippen LogP contribution in [-0.2, 0) is 14.4 Å². The number of ketones is 1. The molecule has 1 aliphatic heterocycles. The zero-order valence-electron chi connectivity index (χ0n) is 21.5. The third kappa shape index (κ3) is 5.05. The van der Waals surface area contributed by atoms with Gasteiger partial charge in [0.25, 0.3) is 5.69 Å². The second-order valence-corrected chi connectivity index (χ2v) is 10.5. The Labute approximate surface area is 224 Å². The van der Waals surface area contributed by atoms with E-state index < -0.39 is 22.8 Å². The number of hydrogen-bond acceptors (Lipinski definition) is 7. The van der Waals surface area contributed by atoms with E-state index in [9.17, 15) is 29.6 Å². The number of nitro groups is 1. The maximum absolute atomic E-state index is 13.7. The predicted molar refractivity (Wildman–Crippen MR) is 143 cm³/mol. The number of aliphatic carboxylic acids is 1. The molecule has 2 aliphatic rings. The van der Waals surface area contributed by atoms with Gasteiger partial charge in [-0.1, -0.05) is 38.1 Å². The van der Waals surface area contributed by atoms with Gasteiger partial charge in [-0.3, -0.25) is 29.4 Å². The summed E-state index contributed by atoms with van der Waals surface area (Å²) in [5.74, 6) is -1.10. The number of para-hydroxylation sites is 2. The van der Waals surface area contributed by atoms with E-state index in [1.54, 1.807) is 36.4 Å². The predicted octanol–water partition coefficient (Wildman–Crippen LogP) is 5.86. The topological polar surface area (TPSA) is 143 Å². The molecule has 1 amide bonds. The lowest BCUT2D eigenvalue weighted by atomic mass is 9.74. The molecule has 2 aromatic carbocycles. The van der Waals surface area contributed by atoms with Crippen molar-refractivity contribution in [2.75, 3.05) is 10.2 Å². The maximum atomic E-state index is 13.7. The van der Waals surface area contributed by atoms with Gasteiger partial charge in [0, 0.05) is 41.8 Å². The largest absolute Gasteiger partial charge is 0.481 e. The number of allylic oxidation sites excluding steroid dienone is 1. The molecule has 0 spiro atoms. The molecule has 200 valence electrons. The maximum Gasteiger partial charge on any atom is 0.303 e. The first-order valence-corrected chi connectivity index (χ1v) is 12.5. The summed E-state index contributed by atoms with van der Waals surface area (Å²) < 4.78 is 6.22. The summed E-state index contributed by atoms with van der Waals surface area (Å²) in [5.41, 5.74) is 2.22. The van der Waals surface area contributed by atoms with Gasteiger partial charge >= 0.3 is 5.97 Å². The van der Waals surface area contributed by atoms with Crippen LogP contribution in [0.1, 0.15) is 51.3 Å². The molecule has 1 aromatic heterocycles. The number of nitrogens with zero attached hydrogens (tertiary/aromatic N) is 2. The lowest BCUT2D eigenvalue weighted by Gasteiger charge is -2.36. The van der Waals surface area contributed by atoms with Crippen LogP contribution in [-0.4, -0.2) is 27.7 Å². The highest BCUT2D eigenvalue weighted by Crippen LogP contribution is 2.49. The molecule has 2 N–H and O–H groups in total. The van der Waals surface area contributed by atoms with Gasteiger partial charge in [-0.15, -0.1) is 0 Å². The molecule has 2 heterocycles. The van der Waals surface area contributed by atoms with Crippen molar-refractivity contribution in [2.24, 2.45) is 5.41 Å². The Morgan fingerprint density at radius 2 is 1.87 bits per heavy atom. The molecular weight excluding hydrogens is 502 g/mol. The number of anilines is 2. The Balaban J connectivity index is 1.69. The molecule has 3 aromatic rings. The molecule has 10 nitrogen and oxygen atoms in total. The summed E-state index contributed by atoms with van der Waals surface area (Å²) in [6, 6.07) is 15.5. The number of amides is 1. The lowest BCUT2D eigenvalue weighted by molar-refractivity contribution is -0.384. The molecule has 0 unspecified atom stereocenters. The van der Waals surface area contributed by atoms with Gasteiger partial charge in [-0.2, -0.15) is 0 Å². The number of rotatable bonds is 6. The minimum atomic E-state index is -1.11. The van der Waals surface area contributed by atoms with Gasteiger partial charge in [0.05, 0.1) is 22.7 Å². The number of fused-ring (bicyclic) bond motifs is 1. The van der Waals surface area contributed by atoms with Crippen molar-refractivity contribution < 1.29 is 28.8 Å². The van der Waals surface area contributed by atoms with Crippen LogP contribution in [0.5, 0.6) is 0 Å². The molecular formula is C29H27N3O7. The number of carbonyl (C=O) groups is 3. The first-order valence-electron chi connectivity index (χ1n) is 12.5. The zero-order chi connectivity index (χ0) is 27.9. The molecule has 10 heteroatoms. The molecule has 0 fully saturated rings. The number of non-ortho nitro benzene ring substituents is 1. The monoisotopic (exact) mass is 529 g/mol. The minimum Gasteiger partial charge on any atom is -0.481 e. The summed E-state index contributed by atoms with van der Waals surface area (Å²) in [6.45, 7) is 4.01. The van der Waals surface area contributed by atoms with Gasteiger partial charge in [0.15, 0.2) is 5.78 Å². The number of nitro benzene ring substituents is 1. The van der Waals surface area contributed by atoms with Crippen molar-refractivity contribution >= 4 is 34.7 Å². The van der Waals surface area contributed by atoms with E-state index in [1.165, 1.54) is 17.0 Å². The van der Waals surface area contributed by atoms with Crippen molar-refractivity contribution in [2.45, 2.75) is 45.6 Å². The number of furan rings is 1. The quantitative estimate of drug-likeness (QED) is 0.298. The van der Waals surface area contributed by atoms with Gasteiger partial charge in [-0.05, 0) is 36.1 Å². The molecule has 1 atom stereocenters. The average molecular weight is 530 g/mol. The van der Waals surface area contributed by atoms with Crippen LogP contribution in [0.3, 0.4) is 0 Å². The first-order chi connectivity index (χ1) is 18.5. The van der Waals surface area contributed by atoms with Crippen LogP contribution in [0.25, 0.3) is 11.3 Å². The van der Waals surface area contributed by atoms with Crippen molar-refractivity contribution in [3.8, 4) is 11.3 Å². The van der Waals surface area contributed by atoms with E-state index in [4.69, 9.17) is 4.42 Å². The number of benzene rings is 2.